The first kappa shape index (κ1) is 19.2. The standard InChI is InChI=1S/C19H31NO4/c1-22-11-12-23-14-16-7-5-6-10-19(16)24-15-18(21)13-20-17-8-3-2-4-9-17/h5-7,10,17-18,20-21H,2-4,8-9,11-15H2,1H3. The zero-order valence-electron chi connectivity index (χ0n) is 14.7. The van der Waals surface area contributed by atoms with Crippen molar-refractivity contribution in [2.75, 3.05) is 33.5 Å². The van der Waals surface area contributed by atoms with E-state index in [1.165, 1.54) is 32.1 Å². The van der Waals surface area contributed by atoms with Crippen LogP contribution in [0.5, 0.6) is 5.75 Å². The highest BCUT2D eigenvalue weighted by molar-refractivity contribution is 5.32. The maximum Gasteiger partial charge on any atom is 0.124 e. The average molecular weight is 337 g/mol. The Morgan fingerprint density at radius 3 is 2.75 bits per heavy atom. The number of rotatable bonds is 11. The Morgan fingerprint density at radius 2 is 1.96 bits per heavy atom. The molecule has 1 atom stereocenters. The van der Waals surface area contributed by atoms with Crippen molar-refractivity contribution < 1.29 is 19.3 Å². The molecule has 5 heteroatoms. The molecule has 0 saturated heterocycles. The number of nitrogens with one attached hydrogen (secondary N) is 1. The molecule has 1 fully saturated rings. The van der Waals surface area contributed by atoms with Gasteiger partial charge in [-0.3, -0.25) is 0 Å². The summed E-state index contributed by atoms with van der Waals surface area (Å²) in [5, 5.41) is 13.6. The third kappa shape index (κ3) is 7.18. The highest BCUT2D eigenvalue weighted by atomic mass is 16.5. The average Bonchev–Trinajstić information content (AvgIpc) is 2.63. The Kier molecular flexibility index (Phi) is 9.13. The van der Waals surface area contributed by atoms with Gasteiger partial charge < -0.3 is 24.6 Å². The number of methoxy groups -OCH3 is 1. The molecule has 0 aliphatic heterocycles. The van der Waals surface area contributed by atoms with Gasteiger partial charge in [0.1, 0.15) is 18.5 Å². The molecule has 0 amide bonds. The molecule has 0 aromatic heterocycles. The molecule has 1 aliphatic carbocycles. The summed E-state index contributed by atoms with van der Waals surface area (Å²) in [7, 11) is 1.66. The van der Waals surface area contributed by atoms with Crippen molar-refractivity contribution in [1.29, 1.82) is 0 Å². The summed E-state index contributed by atoms with van der Waals surface area (Å²) in [6.07, 6.45) is 5.85. The van der Waals surface area contributed by atoms with Crippen LogP contribution in [0.3, 0.4) is 0 Å². The van der Waals surface area contributed by atoms with E-state index < -0.39 is 6.10 Å². The van der Waals surface area contributed by atoms with Gasteiger partial charge in [0.2, 0.25) is 0 Å². The van der Waals surface area contributed by atoms with Gasteiger partial charge in [0, 0.05) is 25.3 Å². The fraction of sp³-hybridized carbons (Fsp3) is 0.684. The Hall–Kier alpha value is -1.14. The Balaban J connectivity index is 1.70. The molecular formula is C19H31NO4. The van der Waals surface area contributed by atoms with Crippen molar-refractivity contribution in [2.45, 2.75) is 50.9 Å². The second-order valence-corrected chi connectivity index (χ2v) is 6.36. The van der Waals surface area contributed by atoms with Gasteiger partial charge >= 0.3 is 0 Å². The van der Waals surface area contributed by atoms with Crippen molar-refractivity contribution in [2.24, 2.45) is 0 Å². The summed E-state index contributed by atoms with van der Waals surface area (Å²) < 4.78 is 16.3. The third-order valence-corrected chi connectivity index (χ3v) is 4.34. The summed E-state index contributed by atoms with van der Waals surface area (Å²) in [5.41, 5.74) is 0.987. The minimum Gasteiger partial charge on any atom is -0.490 e. The fourth-order valence-electron chi connectivity index (χ4n) is 2.94. The number of para-hydroxylation sites is 1. The van der Waals surface area contributed by atoms with Crippen LogP contribution in [0.15, 0.2) is 24.3 Å². The predicted octanol–water partition coefficient (Wildman–Crippen LogP) is 2.51. The van der Waals surface area contributed by atoms with E-state index in [4.69, 9.17) is 14.2 Å². The molecule has 1 aromatic carbocycles. The van der Waals surface area contributed by atoms with Crippen LogP contribution in [-0.2, 0) is 16.1 Å². The van der Waals surface area contributed by atoms with Crippen LogP contribution < -0.4 is 10.1 Å². The zero-order chi connectivity index (χ0) is 17.0. The van der Waals surface area contributed by atoms with Crippen molar-refractivity contribution >= 4 is 0 Å². The highest BCUT2D eigenvalue weighted by Gasteiger charge is 2.15. The second-order valence-electron chi connectivity index (χ2n) is 6.36. The second kappa shape index (κ2) is 11.4. The number of aliphatic hydroxyl groups excluding tert-OH is 1. The summed E-state index contributed by atoms with van der Waals surface area (Å²) in [4.78, 5) is 0. The molecule has 136 valence electrons. The number of benzene rings is 1. The van der Waals surface area contributed by atoms with Crippen LogP contribution >= 0.6 is 0 Å². The summed E-state index contributed by atoms with van der Waals surface area (Å²) in [5.74, 6) is 0.770. The smallest absolute Gasteiger partial charge is 0.124 e. The Morgan fingerprint density at radius 1 is 1.17 bits per heavy atom. The Labute approximate surface area is 145 Å². The van der Waals surface area contributed by atoms with E-state index in [1.54, 1.807) is 7.11 Å². The first-order valence-corrected chi connectivity index (χ1v) is 8.98. The highest BCUT2D eigenvalue weighted by Crippen LogP contribution is 2.19. The van der Waals surface area contributed by atoms with Crippen LogP contribution in [0.4, 0.5) is 0 Å². The first-order chi connectivity index (χ1) is 11.8. The van der Waals surface area contributed by atoms with Gasteiger partial charge in [-0.1, -0.05) is 37.5 Å². The van der Waals surface area contributed by atoms with E-state index in [-0.39, 0.29) is 6.61 Å². The van der Waals surface area contributed by atoms with E-state index in [2.05, 4.69) is 5.32 Å². The van der Waals surface area contributed by atoms with Gasteiger partial charge in [-0.05, 0) is 18.9 Å². The molecule has 5 nitrogen and oxygen atoms in total. The molecule has 1 unspecified atom stereocenters. The van der Waals surface area contributed by atoms with Crippen molar-refractivity contribution in [3.8, 4) is 5.75 Å². The minimum absolute atomic E-state index is 0.287. The zero-order valence-corrected chi connectivity index (χ0v) is 14.7. The normalized spacial score (nSPS) is 16.9. The summed E-state index contributed by atoms with van der Waals surface area (Å²) in [6.45, 7) is 2.48. The molecule has 2 rings (SSSR count). The number of ether oxygens (including phenoxy) is 3. The summed E-state index contributed by atoms with van der Waals surface area (Å²) >= 11 is 0. The van der Waals surface area contributed by atoms with E-state index in [1.807, 2.05) is 24.3 Å². The quantitative estimate of drug-likeness (QED) is 0.608. The molecule has 1 aliphatic rings. The van der Waals surface area contributed by atoms with Crippen molar-refractivity contribution in [3.05, 3.63) is 29.8 Å². The van der Waals surface area contributed by atoms with Crippen LogP contribution in [0, 0.1) is 0 Å². The van der Waals surface area contributed by atoms with Gasteiger partial charge in [-0.25, -0.2) is 0 Å². The lowest BCUT2D eigenvalue weighted by Crippen LogP contribution is -2.39. The maximum absolute atomic E-state index is 10.1. The molecular weight excluding hydrogens is 306 g/mol. The van der Waals surface area contributed by atoms with E-state index in [0.717, 1.165) is 11.3 Å². The molecule has 0 heterocycles. The van der Waals surface area contributed by atoms with Gasteiger partial charge in [0.25, 0.3) is 0 Å². The predicted molar refractivity (Wildman–Crippen MR) is 94.4 cm³/mol. The molecule has 2 N–H and O–H groups in total. The molecule has 1 aromatic rings. The largest absolute Gasteiger partial charge is 0.490 e. The SMILES string of the molecule is COCCOCc1ccccc1OCC(O)CNC1CCCCC1. The Bertz CT molecular complexity index is 449. The van der Waals surface area contributed by atoms with E-state index in [9.17, 15) is 5.11 Å². The summed E-state index contributed by atoms with van der Waals surface area (Å²) in [6, 6.07) is 8.34. The number of hydrogen-bond acceptors (Lipinski definition) is 5. The van der Waals surface area contributed by atoms with Gasteiger partial charge in [-0.15, -0.1) is 0 Å². The van der Waals surface area contributed by atoms with Crippen molar-refractivity contribution in [3.63, 3.8) is 0 Å². The maximum atomic E-state index is 10.1. The molecule has 24 heavy (non-hydrogen) atoms. The molecule has 0 spiro atoms. The van der Waals surface area contributed by atoms with E-state index >= 15 is 0 Å². The van der Waals surface area contributed by atoms with Crippen LogP contribution in [-0.4, -0.2) is 50.7 Å². The minimum atomic E-state index is -0.505. The number of hydrogen-bond donors (Lipinski definition) is 2. The number of aliphatic hydroxyl groups is 1. The lowest BCUT2D eigenvalue weighted by Gasteiger charge is -2.24. The topological polar surface area (TPSA) is 60.0 Å². The van der Waals surface area contributed by atoms with Gasteiger partial charge in [0.05, 0.1) is 19.8 Å². The van der Waals surface area contributed by atoms with E-state index in [0.29, 0.717) is 32.4 Å². The van der Waals surface area contributed by atoms with Crippen LogP contribution in [0.25, 0.3) is 0 Å². The first-order valence-electron chi connectivity index (χ1n) is 8.98. The van der Waals surface area contributed by atoms with Gasteiger partial charge in [-0.2, -0.15) is 0 Å². The van der Waals surface area contributed by atoms with Crippen LogP contribution in [0.2, 0.25) is 0 Å². The molecule has 0 radical (unpaired) electrons. The monoisotopic (exact) mass is 337 g/mol. The van der Waals surface area contributed by atoms with Gasteiger partial charge in [0.15, 0.2) is 0 Å². The fourth-order valence-corrected chi connectivity index (χ4v) is 2.94. The molecule has 1 saturated carbocycles. The molecule has 0 bridgehead atoms. The third-order valence-electron chi connectivity index (χ3n) is 4.34. The van der Waals surface area contributed by atoms with Crippen LogP contribution in [0.1, 0.15) is 37.7 Å². The van der Waals surface area contributed by atoms with Crippen molar-refractivity contribution in [1.82, 2.24) is 5.32 Å². The lowest BCUT2D eigenvalue weighted by molar-refractivity contribution is 0.0589. The lowest BCUT2D eigenvalue weighted by atomic mass is 9.95.